The second kappa shape index (κ2) is 9.67. The maximum absolute atomic E-state index is 12.4. The monoisotopic (exact) mass is 381 g/mol. The summed E-state index contributed by atoms with van der Waals surface area (Å²) in [4.78, 5) is 27.2. The standard InChI is InChI=1S/C19H28ClN3O3/c1-4-26-18-6-5-17(20)11-16(18)13-22(3)19(25)21-12-15-7-9-23(10-8-15)14(2)24/h5-6,11,15H,4,7-10,12-13H2,1-3H3,(H,21,25). The van der Waals surface area contributed by atoms with Gasteiger partial charge in [-0.05, 0) is 43.9 Å². The first kappa shape index (κ1) is 20.4. The lowest BCUT2D eigenvalue weighted by molar-refractivity contribution is -0.130. The van der Waals surface area contributed by atoms with E-state index in [-0.39, 0.29) is 11.9 Å². The van der Waals surface area contributed by atoms with Crippen LogP contribution < -0.4 is 10.1 Å². The topological polar surface area (TPSA) is 61.9 Å². The number of ether oxygens (including phenoxy) is 1. The van der Waals surface area contributed by atoms with Gasteiger partial charge in [0.2, 0.25) is 5.91 Å². The summed E-state index contributed by atoms with van der Waals surface area (Å²) in [5, 5.41) is 3.61. The first-order valence-corrected chi connectivity index (χ1v) is 9.44. The van der Waals surface area contributed by atoms with Crippen LogP contribution >= 0.6 is 11.6 Å². The number of urea groups is 1. The summed E-state index contributed by atoms with van der Waals surface area (Å²) in [5.41, 5.74) is 0.881. The van der Waals surface area contributed by atoms with Crippen molar-refractivity contribution in [2.75, 3.05) is 33.3 Å². The van der Waals surface area contributed by atoms with Crippen LogP contribution in [0.3, 0.4) is 0 Å². The van der Waals surface area contributed by atoms with Gasteiger partial charge >= 0.3 is 6.03 Å². The number of rotatable bonds is 6. The Hall–Kier alpha value is -1.95. The fourth-order valence-corrected chi connectivity index (χ4v) is 3.31. The third-order valence-electron chi connectivity index (χ3n) is 4.68. The first-order chi connectivity index (χ1) is 12.4. The Balaban J connectivity index is 1.83. The van der Waals surface area contributed by atoms with Crippen molar-refractivity contribution in [2.45, 2.75) is 33.2 Å². The highest BCUT2D eigenvalue weighted by Crippen LogP contribution is 2.24. The number of likely N-dealkylation sites (tertiary alicyclic amines) is 1. The molecule has 1 heterocycles. The van der Waals surface area contributed by atoms with E-state index < -0.39 is 0 Å². The summed E-state index contributed by atoms with van der Waals surface area (Å²) in [5.74, 6) is 1.28. The summed E-state index contributed by atoms with van der Waals surface area (Å²) < 4.78 is 5.61. The zero-order valence-electron chi connectivity index (χ0n) is 15.8. The quantitative estimate of drug-likeness (QED) is 0.823. The van der Waals surface area contributed by atoms with E-state index in [0.29, 0.717) is 30.6 Å². The van der Waals surface area contributed by atoms with E-state index in [9.17, 15) is 9.59 Å². The van der Waals surface area contributed by atoms with Crippen molar-refractivity contribution in [3.05, 3.63) is 28.8 Å². The Kier molecular flexibility index (Phi) is 7.57. The third kappa shape index (κ3) is 5.80. The predicted octanol–water partition coefficient (Wildman–Crippen LogP) is 3.14. The lowest BCUT2D eigenvalue weighted by atomic mass is 9.97. The van der Waals surface area contributed by atoms with Gasteiger partial charge in [-0.2, -0.15) is 0 Å². The Morgan fingerprint density at radius 2 is 2.04 bits per heavy atom. The Bertz CT molecular complexity index is 630. The average Bonchev–Trinajstić information content (AvgIpc) is 2.62. The fourth-order valence-electron chi connectivity index (χ4n) is 3.11. The highest BCUT2D eigenvalue weighted by molar-refractivity contribution is 6.30. The number of carbonyl (C=O) groups is 2. The third-order valence-corrected chi connectivity index (χ3v) is 4.91. The van der Waals surface area contributed by atoms with Gasteiger partial charge in [0.25, 0.3) is 0 Å². The predicted molar refractivity (Wildman–Crippen MR) is 102 cm³/mol. The molecule has 2 rings (SSSR count). The van der Waals surface area contributed by atoms with Crippen LogP contribution in [0.25, 0.3) is 0 Å². The molecule has 1 aromatic rings. The lowest BCUT2D eigenvalue weighted by Gasteiger charge is -2.31. The number of nitrogens with one attached hydrogen (secondary N) is 1. The number of hydrogen-bond donors (Lipinski definition) is 1. The molecular formula is C19H28ClN3O3. The van der Waals surface area contributed by atoms with Crippen LogP contribution in [0.5, 0.6) is 5.75 Å². The van der Waals surface area contributed by atoms with E-state index in [2.05, 4.69) is 5.32 Å². The van der Waals surface area contributed by atoms with Gasteiger partial charge < -0.3 is 19.9 Å². The Labute approximate surface area is 160 Å². The van der Waals surface area contributed by atoms with Crippen molar-refractivity contribution in [3.8, 4) is 5.75 Å². The van der Waals surface area contributed by atoms with Crippen molar-refractivity contribution >= 4 is 23.5 Å². The van der Waals surface area contributed by atoms with Crippen LogP contribution in [0.2, 0.25) is 5.02 Å². The molecule has 0 bridgehead atoms. The summed E-state index contributed by atoms with van der Waals surface area (Å²) in [6, 6.07) is 5.31. The maximum atomic E-state index is 12.4. The van der Waals surface area contributed by atoms with Crippen LogP contribution in [-0.4, -0.2) is 55.0 Å². The van der Waals surface area contributed by atoms with Gasteiger partial charge in [0.15, 0.2) is 0 Å². The largest absolute Gasteiger partial charge is 0.494 e. The minimum absolute atomic E-state index is 0.124. The zero-order valence-corrected chi connectivity index (χ0v) is 16.5. The second-order valence-corrected chi connectivity index (χ2v) is 7.11. The molecule has 0 aromatic heterocycles. The minimum atomic E-state index is -0.124. The zero-order chi connectivity index (χ0) is 19.1. The van der Waals surface area contributed by atoms with Gasteiger partial charge in [-0.3, -0.25) is 4.79 Å². The first-order valence-electron chi connectivity index (χ1n) is 9.06. The van der Waals surface area contributed by atoms with E-state index in [0.717, 1.165) is 37.2 Å². The maximum Gasteiger partial charge on any atom is 0.317 e. The van der Waals surface area contributed by atoms with Gasteiger partial charge in [0.05, 0.1) is 13.2 Å². The summed E-state index contributed by atoms with van der Waals surface area (Å²) in [6.07, 6.45) is 1.85. The number of halogens is 1. The van der Waals surface area contributed by atoms with Gasteiger partial charge in [-0.25, -0.2) is 4.79 Å². The van der Waals surface area contributed by atoms with E-state index in [4.69, 9.17) is 16.3 Å². The number of carbonyl (C=O) groups excluding carboxylic acids is 2. The summed E-state index contributed by atoms with van der Waals surface area (Å²) in [6.45, 7) is 6.67. The molecule has 1 aliphatic heterocycles. The molecule has 26 heavy (non-hydrogen) atoms. The Morgan fingerprint density at radius 3 is 2.65 bits per heavy atom. The van der Waals surface area contributed by atoms with Crippen molar-refractivity contribution in [1.29, 1.82) is 0 Å². The summed E-state index contributed by atoms with van der Waals surface area (Å²) >= 11 is 6.07. The van der Waals surface area contributed by atoms with Crippen LogP contribution in [0, 0.1) is 5.92 Å². The molecule has 6 nitrogen and oxygen atoms in total. The number of piperidine rings is 1. The summed E-state index contributed by atoms with van der Waals surface area (Å²) in [7, 11) is 1.75. The smallest absolute Gasteiger partial charge is 0.317 e. The number of benzene rings is 1. The highest BCUT2D eigenvalue weighted by atomic mass is 35.5. The molecule has 0 saturated carbocycles. The van der Waals surface area contributed by atoms with Crippen molar-refractivity contribution in [3.63, 3.8) is 0 Å². The molecule has 0 spiro atoms. The average molecular weight is 382 g/mol. The van der Waals surface area contributed by atoms with Gasteiger partial charge in [-0.15, -0.1) is 0 Å². The number of hydrogen-bond acceptors (Lipinski definition) is 3. The fraction of sp³-hybridized carbons (Fsp3) is 0.579. The van der Waals surface area contributed by atoms with Crippen LogP contribution in [0.15, 0.2) is 18.2 Å². The molecule has 1 fully saturated rings. The number of amides is 3. The molecular weight excluding hydrogens is 354 g/mol. The van der Waals surface area contributed by atoms with Gasteiger partial charge in [0.1, 0.15) is 5.75 Å². The molecule has 7 heteroatoms. The van der Waals surface area contributed by atoms with Crippen LogP contribution in [0.1, 0.15) is 32.3 Å². The molecule has 3 amide bonds. The molecule has 0 atom stereocenters. The van der Waals surface area contributed by atoms with E-state index in [1.165, 1.54) is 0 Å². The molecule has 1 aromatic carbocycles. The van der Waals surface area contributed by atoms with Gasteiger partial charge in [0, 0.05) is 44.2 Å². The van der Waals surface area contributed by atoms with E-state index in [1.807, 2.05) is 24.0 Å². The molecule has 144 valence electrons. The van der Waals surface area contributed by atoms with Crippen molar-refractivity contribution in [1.82, 2.24) is 15.1 Å². The number of nitrogens with zero attached hydrogens (tertiary/aromatic N) is 2. The van der Waals surface area contributed by atoms with Crippen LogP contribution in [-0.2, 0) is 11.3 Å². The highest BCUT2D eigenvalue weighted by Gasteiger charge is 2.21. The molecule has 0 unspecified atom stereocenters. The molecule has 1 saturated heterocycles. The van der Waals surface area contributed by atoms with Gasteiger partial charge in [-0.1, -0.05) is 11.6 Å². The Morgan fingerprint density at radius 1 is 1.35 bits per heavy atom. The SMILES string of the molecule is CCOc1ccc(Cl)cc1CN(C)C(=O)NCC1CCN(C(C)=O)CC1. The van der Waals surface area contributed by atoms with Crippen molar-refractivity contribution < 1.29 is 14.3 Å². The van der Waals surface area contributed by atoms with E-state index >= 15 is 0 Å². The van der Waals surface area contributed by atoms with Crippen LogP contribution in [0.4, 0.5) is 4.79 Å². The molecule has 1 N–H and O–H groups in total. The molecule has 0 aliphatic carbocycles. The second-order valence-electron chi connectivity index (χ2n) is 6.68. The van der Waals surface area contributed by atoms with Crippen molar-refractivity contribution in [2.24, 2.45) is 5.92 Å². The lowest BCUT2D eigenvalue weighted by Crippen LogP contribution is -2.43. The molecule has 0 radical (unpaired) electrons. The minimum Gasteiger partial charge on any atom is -0.494 e. The molecule has 1 aliphatic rings. The van der Waals surface area contributed by atoms with E-state index in [1.54, 1.807) is 24.9 Å². The normalized spacial score (nSPS) is 14.8.